The molecule has 34 heavy (non-hydrogen) atoms. The maximum Gasteiger partial charge on any atom is 0.339 e. The SMILES string of the molecule is COc1ccc(-c2cn(CC3Cc4cn(-c5ccccc5)c5cccc(c45)C(=O)O3)nn2)cc1. The van der Waals surface area contributed by atoms with Crippen LogP contribution < -0.4 is 4.74 Å². The van der Waals surface area contributed by atoms with Crippen LogP contribution in [0.5, 0.6) is 5.75 Å². The first-order chi connectivity index (χ1) is 16.7. The van der Waals surface area contributed by atoms with E-state index in [2.05, 4.69) is 33.2 Å². The number of ether oxygens (including phenoxy) is 2. The second-order valence-corrected chi connectivity index (χ2v) is 8.35. The van der Waals surface area contributed by atoms with E-state index in [1.807, 2.05) is 66.9 Å². The monoisotopic (exact) mass is 450 g/mol. The molecule has 1 atom stereocenters. The van der Waals surface area contributed by atoms with Crippen LogP contribution in [0.1, 0.15) is 15.9 Å². The maximum absolute atomic E-state index is 13.0. The van der Waals surface area contributed by atoms with E-state index in [-0.39, 0.29) is 12.1 Å². The number of carbonyl (C=O) groups excluding carboxylic acids is 1. The smallest absolute Gasteiger partial charge is 0.339 e. The van der Waals surface area contributed by atoms with E-state index < -0.39 is 0 Å². The number of esters is 1. The van der Waals surface area contributed by atoms with Crippen LogP contribution in [-0.2, 0) is 17.7 Å². The van der Waals surface area contributed by atoms with Crippen LogP contribution >= 0.6 is 0 Å². The summed E-state index contributed by atoms with van der Waals surface area (Å²) in [5.74, 6) is 0.477. The summed E-state index contributed by atoms with van der Waals surface area (Å²) in [5.41, 5.74) is 5.44. The third kappa shape index (κ3) is 3.51. The predicted molar refractivity (Wildman–Crippen MR) is 128 cm³/mol. The number of hydrogen-bond acceptors (Lipinski definition) is 5. The Morgan fingerprint density at radius 2 is 1.82 bits per heavy atom. The van der Waals surface area contributed by atoms with Gasteiger partial charge in [0.15, 0.2) is 0 Å². The third-order valence-corrected chi connectivity index (χ3v) is 6.20. The van der Waals surface area contributed by atoms with Crippen molar-refractivity contribution in [2.24, 2.45) is 0 Å². The largest absolute Gasteiger partial charge is 0.497 e. The Balaban J connectivity index is 1.31. The molecule has 1 aliphatic rings. The zero-order valence-corrected chi connectivity index (χ0v) is 18.6. The molecule has 168 valence electrons. The van der Waals surface area contributed by atoms with Gasteiger partial charge in [-0.05, 0) is 54.1 Å². The van der Waals surface area contributed by atoms with Crippen LogP contribution in [0.4, 0.5) is 0 Å². The average molecular weight is 450 g/mol. The van der Waals surface area contributed by atoms with Crippen molar-refractivity contribution >= 4 is 16.9 Å². The Labute approximate surface area is 196 Å². The van der Waals surface area contributed by atoms with E-state index in [0.29, 0.717) is 18.5 Å². The zero-order valence-electron chi connectivity index (χ0n) is 18.6. The highest BCUT2D eigenvalue weighted by Crippen LogP contribution is 2.32. The molecule has 6 rings (SSSR count). The van der Waals surface area contributed by atoms with Crippen molar-refractivity contribution < 1.29 is 14.3 Å². The van der Waals surface area contributed by atoms with Gasteiger partial charge < -0.3 is 14.0 Å². The fourth-order valence-electron chi connectivity index (χ4n) is 4.59. The first-order valence-electron chi connectivity index (χ1n) is 11.1. The van der Waals surface area contributed by atoms with Gasteiger partial charge in [0.1, 0.15) is 17.5 Å². The Bertz CT molecular complexity index is 1490. The van der Waals surface area contributed by atoms with Gasteiger partial charge in [0.2, 0.25) is 0 Å². The molecule has 0 bridgehead atoms. The highest BCUT2D eigenvalue weighted by atomic mass is 16.5. The number of benzene rings is 3. The van der Waals surface area contributed by atoms with Crippen LogP contribution in [0.25, 0.3) is 27.8 Å². The molecule has 0 amide bonds. The van der Waals surface area contributed by atoms with Crippen molar-refractivity contribution in [3.8, 4) is 22.7 Å². The van der Waals surface area contributed by atoms with Gasteiger partial charge in [0.05, 0.1) is 30.9 Å². The molecule has 3 aromatic carbocycles. The molecular formula is C27H22N4O3. The number of methoxy groups -OCH3 is 1. The van der Waals surface area contributed by atoms with Crippen LogP contribution in [-0.4, -0.2) is 38.7 Å². The second kappa shape index (κ2) is 8.19. The van der Waals surface area contributed by atoms with Crippen LogP contribution in [0.2, 0.25) is 0 Å². The van der Waals surface area contributed by atoms with Gasteiger partial charge in [-0.1, -0.05) is 29.5 Å². The second-order valence-electron chi connectivity index (χ2n) is 8.35. The van der Waals surface area contributed by atoms with Gasteiger partial charge in [0.25, 0.3) is 0 Å². The molecule has 7 heteroatoms. The standard InChI is InChI=1S/C27H22N4O3/c1-33-21-12-10-18(11-13-21)24-17-30(29-28-24)16-22-14-19-15-31(20-6-3-2-4-7-20)25-9-5-8-23(26(19)25)27(32)34-22/h2-13,15,17,22H,14,16H2,1H3. The van der Waals surface area contributed by atoms with Gasteiger partial charge in [-0.2, -0.15) is 0 Å². The minimum Gasteiger partial charge on any atom is -0.497 e. The molecular weight excluding hydrogens is 428 g/mol. The lowest BCUT2D eigenvalue weighted by Gasteiger charge is -2.15. The van der Waals surface area contributed by atoms with E-state index in [0.717, 1.165) is 39.2 Å². The molecule has 0 fully saturated rings. The zero-order chi connectivity index (χ0) is 23.1. The first-order valence-corrected chi connectivity index (χ1v) is 11.1. The van der Waals surface area contributed by atoms with Gasteiger partial charge >= 0.3 is 5.97 Å². The van der Waals surface area contributed by atoms with Gasteiger partial charge in [0, 0.05) is 29.3 Å². The summed E-state index contributed by atoms with van der Waals surface area (Å²) in [6, 6.07) is 23.6. The van der Waals surface area contributed by atoms with Crippen LogP contribution in [0, 0.1) is 0 Å². The number of rotatable bonds is 5. The Kier molecular flexibility index (Phi) is 4.87. The van der Waals surface area contributed by atoms with Crippen molar-refractivity contribution in [1.82, 2.24) is 19.6 Å². The normalized spacial score (nSPS) is 15.2. The summed E-state index contributed by atoms with van der Waals surface area (Å²) in [5, 5.41) is 9.53. The molecule has 0 spiro atoms. The third-order valence-electron chi connectivity index (χ3n) is 6.20. The number of aromatic nitrogens is 4. The summed E-state index contributed by atoms with van der Waals surface area (Å²) < 4.78 is 15.0. The average Bonchev–Trinajstić information content (AvgIpc) is 3.46. The van der Waals surface area contributed by atoms with Crippen molar-refractivity contribution in [2.45, 2.75) is 19.1 Å². The van der Waals surface area contributed by atoms with Crippen molar-refractivity contribution in [3.05, 3.63) is 96.3 Å². The highest BCUT2D eigenvalue weighted by Gasteiger charge is 2.28. The first kappa shape index (κ1) is 20.2. The summed E-state index contributed by atoms with van der Waals surface area (Å²) >= 11 is 0. The number of carbonyl (C=O) groups is 1. The number of para-hydroxylation sites is 1. The molecule has 0 aliphatic carbocycles. The molecule has 2 aromatic heterocycles. The Hall–Kier alpha value is -4.39. The Morgan fingerprint density at radius 1 is 1.00 bits per heavy atom. The molecule has 5 aromatic rings. The quantitative estimate of drug-likeness (QED) is 0.364. The van der Waals surface area contributed by atoms with Crippen molar-refractivity contribution in [3.63, 3.8) is 0 Å². The molecule has 7 nitrogen and oxygen atoms in total. The van der Waals surface area contributed by atoms with E-state index >= 15 is 0 Å². The van der Waals surface area contributed by atoms with Crippen molar-refractivity contribution in [2.75, 3.05) is 7.11 Å². The molecule has 0 radical (unpaired) electrons. The predicted octanol–water partition coefficient (Wildman–Crippen LogP) is 4.68. The molecule has 1 aliphatic heterocycles. The molecule has 0 saturated carbocycles. The lowest BCUT2D eigenvalue weighted by atomic mass is 10.0. The molecule has 1 unspecified atom stereocenters. The lowest BCUT2D eigenvalue weighted by molar-refractivity contribution is 0.0264. The van der Waals surface area contributed by atoms with E-state index in [9.17, 15) is 4.79 Å². The minimum atomic E-state index is -0.361. The Morgan fingerprint density at radius 3 is 2.62 bits per heavy atom. The number of hydrogen-bond donors (Lipinski definition) is 0. The number of nitrogens with zero attached hydrogens (tertiary/aromatic N) is 4. The summed E-state index contributed by atoms with van der Waals surface area (Å²) in [4.78, 5) is 13.0. The highest BCUT2D eigenvalue weighted by molar-refractivity contribution is 6.06. The summed E-state index contributed by atoms with van der Waals surface area (Å²) in [7, 11) is 1.64. The summed E-state index contributed by atoms with van der Waals surface area (Å²) in [6.45, 7) is 0.418. The van der Waals surface area contributed by atoms with Gasteiger partial charge in [-0.3, -0.25) is 0 Å². The van der Waals surface area contributed by atoms with Gasteiger partial charge in [-0.25, -0.2) is 9.48 Å². The fourth-order valence-corrected chi connectivity index (χ4v) is 4.59. The summed E-state index contributed by atoms with van der Waals surface area (Å²) in [6.07, 6.45) is 4.22. The van der Waals surface area contributed by atoms with Crippen LogP contribution in [0.3, 0.4) is 0 Å². The van der Waals surface area contributed by atoms with E-state index in [4.69, 9.17) is 9.47 Å². The molecule has 0 saturated heterocycles. The van der Waals surface area contributed by atoms with E-state index in [1.165, 1.54) is 0 Å². The van der Waals surface area contributed by atoms with Gasteiger partial charge in [-0.15, -0.1) is 5.10 Å². The topological polar surface area (TPSA) is 71.2 Å². The van der Waals surface area contributed by atoms with Crippen molar-refractivity contribution in [1.29, 1.82) is 0 Å². The van der Waals surface area contributed by atoms with E-state index in [1.54, 1.807) is 11.8 Å². The number of cyclic esters (lactones) is 1. The maximum atomic E-state index is 13.0. The van der Waals surface area contributed by atoms with Crippen LogP contribution in [0.15, 0.2) is 85.2 Å². The molecule has 0 N–H and O–H groups in total. The minimum absolute atomic E-state index is 0.310. The fraction of sp³-hybridized carbons (Fsp3) is 0.148. The lowest BCUT2D eigenvalue weighted by Crippen LogP contribution is -2.24. The molecule has 3 heterocycles.